The molecule has 0 spiro atoms. The highest BCUT2D eigenvalue weighted by molar-refractivity contribution is 5.95. The zero-order valence-electron chi connectivity index (χ0n) is 12.7. The Morgan fingerprint density at radius 3 is 2.38 bits per heavy atom. The fraction of sp³-hybridized carbons (Fsp3) is 0.500. The Morgan fingerprint density at radius 2 is 1.90 bits per heavy atom. The summed E-state index contributed by atoms with van der Waals surface area (Å²) >= 11 is 0. The SMILES string of the molecule is CC(=O)C1(c2cc(F)ccc2NC(=O)OC(C)(C)C)CC1. The van der Waals surface area contributed by atoms with Crippen LogP contribution in [0.25, 0.3) is 0 Å². The van der Waals surface area contributed by atoms with Crippen molar-refractivity contribution in [3.8, 4) is 0 Å². The second kappa shape index (κ2) is 5.13. The minimum Gasteiger partial charge on any atom is -0.444 e. The lowest BCUT2D eigenvalue weighted by Crippen LogP contribution is -2.28. The summed E-state index contributed by atoms with van der Waals surface area (Å²) in [5.74, 6) is -0.437. The summed E-state index contributed by atoms with van der Waals surface area (Å²) in [7, 11) is 0. The zero-order chi connectivity index (χ0) is 15.8. The van der Waals surface area contributed by atoms with E-state index in [1.54, 1.807) is 20.8 Å². The van der Waals surface area contributed by atoms with Crippen molar-refractivity contribution >= 4 is 17.6 Å². The maximum Gasteiger partial charge on any atom is 0.412 e. The van der Waals surface area contributed by atoms with Gasteiger partial charge in [0.2, 0.25) is 0 Å². The van der Waals surface area contributed by atoms with E-state index in [9.17, 15) is 14.0 Å². The molecule has 1 aromatic rings. The Kier molecular flexibility index (Phi) is 3.78. The van der Waals surface area contributed by atoms with Gasteiger partial charge in [0, 0.05) is 5.69 Å². The van der Waals surface area contributed by atoms with Crippen molar-refractivity contribution < 1.29 is 18.7 Å². The first kappa shape index (κ1) is 15.5. The molecule has 0 saturated heterocycles. The highest BCUT2D eigenvalue weighted by atomic mass is 19.1. The zero-order valence-corrected chi connectivity index (χ0v) is 12.7. The fourth-order valence-corrected chi connectivity index (χ4v) is 2.37. The number of ketones is 1. The molecule has 1 aliphatic carbocycles. The van der Waals surface area contributed by atoms with Gasteiger partial charge in [-0.1, -0.05) is 0 Å². The van der Waals surface area contributed by atoms with E-state index in [-0.39, 0.29) is 5.78 Å². The average Bonchev–Trinajstić information content (AvgIpc) is 3.10. The third-order valence-electron chi connectivity index (χ3n) is 3.56. The number of rotatable bonds is 3. The molecule has 1 aromatic carbocycles. The third kappa shape index (κ3) is 3.40. The minimum absolute atomic E-state index is 0.0136. The molecular formula is C16H20FNO3. The molecule has 114 valence electrons. The molecule has 1 aliphatic rings. The number of ether oxygens (including phenoxy) is 1. The van der Waals surface area contributed by atoms with Crippen LogP contribution in [-0.2, 0) is 14.9 Å². The van der Waals surface area contributed by atoms with Crippen LogP contribution in [-0.4, -0.2) is 17.5 Å². The highest BCUT2D eigenvalue weighted by Crippen LogP contribution is 2.51. The van der Waals surface area contributed by atoms with Crippen molar-refractivity contribution in [1.82, 2.24) is 0 Å². The van der Waals surface area contributed by atoms with Gasteiger partial charge in [-0.25, -0.2) is 9.18 Å². The van der Waals surface area contributed by atoms with Crippen LogP contribution in [0.2, 0.25) is 0 Å². The average molecular weight is 293 g/mol. The summed E-state index contributed by atoms with van der Waals surface area (Å²) in [5, 5.41) is 2.62. The number of amides is 1. The van der Waals surface area contributed by atoms with Gasteiger partial charge in [-0.2, -0.15) is 0 Å². The van der Waals surface area contributed by atoms with Gasteiger partial charge in [0.1, 0.15) is 17.2 Å². The van der Waals surface area contributed by atoms with Gasteiger partial charge < -0.3 is 4.74 Å². The van der Waals surface area contributed by atoms with Gasteiger partial charge in [-0.05, 0) is 64.3 Å². The Hall–Kier alpha value is -1.91. The molecule has 1 amide bonds. The number of Topliss-reactive ketones (excluding diaryl/α,β-unsaturated/α-hetero) is 1. The molecule has 4 nitrogen and oxygen atoms in total. The fourth-order valence-electron chi connectivity index (χ4n) is 2.37. The lowest BCUT2D eigenvalue weighted by molar-refractivity contribution is -0.119. The van der Waals surface area contributed by atoms with Gasteiger partial charge in [0.25, 0.3) is 0 Å². The normalized spacial score (nSPS) is 16.2. The van der Waals surface area contributed by atoms with Crippen LogP contribution in [0.1, 0.15) is 46.1 Å². The first-order valence-corrected chi connectivity index (χ1v) is 6.95. The van der Waals surface area contributed by atoms with E-state index in [4.69, 9.17) is 4.74 Å². The first-order valence-electron chi connectivity index (χ1n) is 6.95. The van der Waals surface area contributed by atoms with Crippen LogP contribution in [0.15, 0.2) is 18.2 Å². The monoisotopic (exact) mass is 293 g/mol. The Bertz CT molecular complexity index is 586. The topological polar surface area (TPSA) is 55.4 Å². The standard InChI is InChI=1S/C16H20FNO3/c1-10(19)16(7-8-16)12-9-11(17)5-6-13(12)18-14(20)21-15(2,3)4/h5-6,9H,7-8H2,1-4H3,(H,18,20). The minimum atomic E-state index is -0.660. The van der Waals surface area contributed by atoms with Crippen molar-refractivity contribution in [2.75, 3.05) is 5.32 Å². The van der Waals surface area contributed by atoms with E-state index in [1.165, 1.54) is 25.1 Å². The van der Waals surface area contributed by atoms with Crippen molar-refractivity contribution in [3.63, 3.8) is 0 Å². The molecule has 5 heteroatoms. The van der Waals surface area contributed by atoms with Crippen molar-refractivity contribution in [2.24, 2.45) is 0 Å². The quantitative estimate of drug-likeness (QED) is 0.922. The summed E-state index contributed by atoms with van der Waals surface area (Å²) in [6.45, 7) is 6.78. The largest absolute Gasteiger partial charge is 0.444 e. The van der Waals surface area contributed by atoms with Crippen LogP contribution in [0.3, 0.4) is 0 Å². The molecule has 0 aromatic heterocycles. The summed E-state index contributed by atoms with van der Waals surface area (Å²) in [6, 6.07) is 4.05. The van der Waals surface area contributed by atoms with Crippen molar-refractivity contribution in [2.45, 2.75) is 51.6 Å². The predicted molar refractivity (Wildman–Crippen MR) is 77.8 cm³/mol. The van der Waals surface area contributed by atoms with Gasteiger partial charge in [-0.15, -0.1) is 0 Å². The molecule has 0 heterocycles. The lowest BCUT2D eigenvalue weighted by atomic mass is 9.90. The second-order valence-corrected chi connectivity index (χ2v) is 6.46. The number of carbonyl (C=O) groups excluding carboxylic acids is 2. The molecule has 0 atom stereocenters. The molecule has 2 rings (SSSR count). The molecule has 0 unspecified atom stereocenters. The Balaban J connectivity index is 2.29. The Labute approximate surface area is 123 Å². The molecular weight excluding hydrogens is 273 g/mol. The summed E-state index contributed by atoms with van der Waals surface area (Å²) in [4.78, 5) is 23.7. The summed E-state index contributed by atoms with van der Waals surface area (Å²) in [6.07, 6.45) is 0.735. The van der Waals surface area contributed by atoms with Crippen LogP contribution in [0, 0.1) is 5.82 Å². The number of hydrogen-bond donors (Lipinski definition) is 1. The molecule has 0 aliphatic heterocycles. The molecule has 21 heavy (non-hydrogen) atoms. The van der Waals surface area contributed by atoms with Crippen molar-refractivity contribution in [3.05, 3.63) is 29.6 Å². The van der Waals surface area contributed by atoms with Crippen LogP contribution in [0.4, 0.5) is 14.9 Å². The second-order valence-electron chi connectivity index (χ2n) is 6.46. The lowest BCUT2D eigenvalue weighted by Gasteiger charge is -2.22. The first-order chi connectivity index (χ1) is 9.64. The van der Waals surface area contributed by atoms with Crippen LogP contribution >= 0.6 is 0 Å². The van der Waals surface area contributed by atoms with Gasteiger partial charge in [-0.3, -0.25) is 10.1 Å². The third-order valence-corrected chi connectivity index (χ3v) is 3.56. The number of anilines is 1. The summed E-state index contributed by atoms with van der Waals surface area (Å²) in [5.41, 5.74) is -0.326. The van der Waals surface area contributed by atoms with Gasteiger partial charge >= 0.3 is 6.09 Å². The molecule has 0 bridgehead atoms. The van der Waals surface area contributed by atoms with E-state index < -0.39 is 22.9 Å². The van der Waals surface area contributed by atoms with E-state index in [0.29, 0.717) is 24.1 Å². The van der Waals surface area contributed by atoms with Gasteiger partial charge in [0.15, 0.2) is 0 Å². The number of halogens is 1. The van der Waals surface area contributed by atoms with Gasteiger partial charge in [0.05, 0.1) is 5.41 Å². The van der Waals surface area contributed by atoms with E-state index >= 15 is 0 Å². The number of nitrogens with one attached hydrogen (secondary N) is 1. The van der Waals surface area contributed by atoms with Crippen molar-refractivity contribution in [1.29, 1.82) is 0 Å². The summed E-state index contributed by atoms with van der Waals surface area (Å²) < 4.78 is 18.7. The molecule has 1 N–H and O–H groups in total. The van der Waals surface area contributed by atoms with E-state index in [1.807, 2.05) is 0 Å². The van der Waals surface area contributed by atoms with Crippen LogP contribution in [0.5, 0.6) is 0 Å². The molecule has 0 radical (unpaired) electrons. The number of benzene rings is 1. The number of hydrogen-bond acceptors (Lipinski definition) is 3. The predicted octanol–water partition coefficient (Wildman–Crippen LogP) is 3.79. The Morgan fingerprint density at radius 1 is 1.29 bits per heavy atom. The molecule has 1 fully saturated rings. The van der Waals surface area contributed by atoms with E-state index in [0.717, 1.165) is 0 Å². The van der Waals surface area contributed by atoms with Crippen LogP contribution < -0.4 is 5.32 Å². The maximum absolute atomic E-state index is 13.5. The maximum atomic E-state index is 13.5. The smallest absolute Gasteiger partial charge is 0.412 e. The molecule has 1 saturated carbocycles. The number of carbonyl (C=O) groups is 2. The van der Waals surface area contributed by atoms with E-state index in [2.05, 4.69) is 5.32 Å². The highest BCUT2D eigenvalue weighted by Gasteiger charge is 2.50.